The van der Waals surface area contributed by atoms with Gasteiger partial charge in [-0.1, -0.05) is 19.9 Å². The molecule has 0 unspecified atom stereocenters. The number of rotatable bonds is 12. The third-order valence-corrected chi connectivity index (χ3v) is 5.74. The Kier molecular flexibility index (Phi) is 10.4. The summed E-state index contributed by atoms with van der Waals surface area (Å²) in [5, 5.41) is 7.81. The van der Waals surface area contributed by atoms with E-state index in [0.29, 0.717) is 13.2 Å². The number of thiazole rings is 1. The summed E-state index contributed by atoms with van der Waals surface area (Å²) in [4.78, 5) is 12.2. The molecule has 0 atom stereocenters. The summed E-state index contributed by atoms with van der Waals surface area (Å²) in [5.41, 5.74) is 1.10. The molecule has 0 saturated carbocycles. The molecule has 1 aromatic carbocycles. The summed E-state index contributed by atoms with van der Waals surface area (Å²) in [6.45, 7) is 11.4. The highest BCUT2D eigenvalue weighted by molar-refractivity contribution is 7.11. The Morgan fingerprint density at radius 1 is 1.20 bits per heavy atom. The fraction of sp³-hybridized carbons (Fsp3) is 0.545. The second-order valence-corrected chi connectivity index (χ2v) is 8.15. The zero-order valence-corrected chi connectivity index (χ0v) is 19.6. The molecule has 0 amide bonds. The van der Waals surface area contributed by atoms with Crippen molar-refractivity contribution >= 4 is 17.3 Å². The number of guanidine groups is 1. The molecule has 0 radical (unpaired) electrons. The molecule has 8 heteroatoms. The number of methoxy groups -OCH3 is 1. The fourth-order valence-electron chi connectivity index (χ4n) is 2.98. The Balaban J connectivity index is 1.81. The van der Waals surface area contributed by atoms with Crippen LogP contribution in [-0.2, 0) is 13.0 Å². The van der Waals surface area contributed by atoms with E-state index in [9.17, 15) is 0 Å². The standard InChI is InChI=1S/C22H35N5O2S/c1-6-27(7-2)12-13-29-19-9-8-18(14-20(19)28-5)16-26-22(23-4)24-11-10-21-25-15-17(3)30-21/h8-9,14-15H,6-7,10-13,16H2,1-5H3,(H2,23,24,26). The smallest absolute Gasteiger partial charge is 0.191 e. The highest BCUT2D eigenvalue weighted by Gasteiger charge is 2.08. The minimum absolute atomic E-state index is 0.644. The molecule has 2 N–H and O–H groups in total. The molecule has 0 aliphatic rings. The maximum absolute atomic E-state index is 5.93. The maximum atomic E-state index is 5.93. The molecule has 0 fully saturated rings. The molecule has 0 aliphatic heterocycles. The van der Waals surface area contributed by atoms with E-state index in [0.717, 1.165) is 60.6 Å². The Bertz CT molecular complexity index is 790. The van der Waals surface area contributed by atoms with Crippen LogP contribution in [0.1, 0.15) is 29.3 Å². The first-order valence-electron chi connectivity index (χ1n) is 10.5. The van der Waals surface area contributed by atoms with Crippen molar-refractivity contribution in [3.8, 4) is 11.5 Å². The highest BCUT2D eigenvalue weighted by atomic mass is 32.1. The Morgan fingerprint density at radius 3 is 2.63 bits per heavy atom. The number of ether oxygens (including phenoxy) is 2. The molecule has 0 saturated heterocycles. The SMILES string of the molecule is CCN(CC)CCOc1ccc(CNC(=NC)NCCc2ncc(C)s2)cc1OC. The first-order valence-corrected chi connectivity index (χ1v) is 11.3. The number of aryl methyl sites for hydroxylation is 1. The molecule has 0 spiro atoms. The van der Waals surface area contributed by atoms with Crippen LogP contribution in [0.25, 0.3) is 0 Å². The van der Waals surface area contributed by atoms with Crippen molar-refractivity contribution in [2.75, 3.05) is 46.9 Å². The van der Waals surface area contributed by atoms with Crippen LogP contribution >= 0.6 is 11.3 Å². The lowest BCUT2D eigenvalue weighted by atomic mass is 10.2. The molecular weight excluding hydrogens is 398 g/mol. The van der Waals surface area contributed by atoms with E-state index in [4.69, 9.17) is 9.47 Å². The average Bonchev–Trinajstić information content (AvgIpc) is 3.19. The third kappa shape index (κ3) is 7.84. The van der Waals surface area contributed by atoms with E-state index in [1.807, 2.05) is 24.4 Å². The molecule has 1 heterocycles. The second kappa shape index (κ2) is 13.1. The molecule has 0 aliphatic carbocycles. The summed E-state index contributed by atoms with van der Waals surface area (Å²) in [6, 6.07) is 6.03. The van der Waals surface area contributed by atoms with Crippen LogP contribution in [0.3, 0.4) is 0 Å². The summed E-state index contributed by atoms with van der Waals surface area (Å²) in [6.07, 6.45) is 2.80. The lowest BCUT2D eigenvalue weighted by Gasteiger charge is -2.19. The summed E-state index contributed by atoms with van der Waals surface area (Å²) in [7, 11) is 3.45. The zero-order chi connectivity index (χ0) is 21.8. The van der Waals surface area contributed by atoms with Crippen molar-refractivity contribution in [1.82, 2.24) is 20.5 Å². The Morgan fingerprint density at radius 2 is 2.00 bits per heavy atom. The van der Waals surface area contributed by atoms with Gasteiger partial charge in [0.1, 0.15) is 6.61 Å². The molecule has 30 heavy (non-hydrogen) atoms. The van der Waals surface area contributed by atoms with Crippen LogP contribution in [0.2, 0.25) is 0 Å². The molecule has 2 aromatic rings. The third-order valence-electron chi connectivity index (χ3n) is 4.77. The monoisotopic (exact) mass is 433 g/mol. The van der Waals surface area contributed by atoms with Crippen molar-refractivity contribution in [2.24, 2.45) is 4.99 Å². The first kappa shape index (κ1) is 24.0. The van der Waals surface area contributed by atoms with E-state index in [1.54, 1.807) is 25.5 Å². The van der Waals surface area contributed by atoms with E-state index >= 15 is 0 Å². The fourth-order valence-corrected chi connectivity index (χ4v) is 3.76. The van der Waals surface area contributed by atoms with Crippen LogP contribution in [0.4, 0.5) is 0 Å². The largest absolute Gasteiger partial charge is 0.493 e. The molecule has 0 bridgehead atoms. The first-order chi connectivity index (χ1) is 14.6. The van der Waals surface area contributed by atoms with Crippen molar-refractivity contribution in [1.29, 1.82) is 0 Å². The van der Waals surface area contributed by atoms with Crippen molar-refractivity contribution in [2.45, 2.75) is 33.7 Å². The predicted molar refractivity (Wildman–Crippen MR) is 125 cm³/mol. The van der Waals surface area contributed by atoms with Gasteiger partial charge in [0.2, 0.25) is 0 Å². The summed E-state index contributed by atoms with van der Waals surface area (Å²) in [5.74, 6) is 2.28. The van der Waals surface area contributed by atoms with Crippen molar-refractivity contribution in [3.05, 3.63) is 39.8 Å². The van der Waals surface area contributed by atoms with Crippen LogP contribution in [0.15, 0.2) is 29.4 Å². The number of aliphatic imine (C=N–C) groups is 1. The number of hydrogen-bond acceptors (Lipinski definition) is 6. The zero-order valence-electron chi connectivity index (χ0n) is 18.8. The van der Waals surface area contributed by atoms with Gasteiger partial charge in [0, 0.05) is 44.2 Å². The number of likely N-dealkylation sites (N-methyl/N-ethyl adjacent to an activating group) is 1. The van der Waals surface area contributed by atoms with Gasteiger partial charge < -0.3 is 25.0 Å². The molecular formula is C22H35N5O2S. The van der Waals surface area contributed by atoms with E-state index in [2.05, 4.69) is 46.3 Å². The normalized spacial score (nSPS) is 11.6. The number of aromatic nitrogens is 1. The maximum Gasteiger partial charge on any atom is 0.191 e. The van der Waals surface area contributed by atoms with Gasteiger partial charge >= 0.3 is 0 Å². The quantitative estimate of drug-likeness (QED) is 0.396. The van der Waals surface area contributed by atoms with Crippen molar-refractivity contribution in [3.63, 3.8) is 0 Å². The van der Waals surface area contributed by atoms with Gasteiger partial charge in [-0.2, -0.15) is 0 Å². The van der Waals surface area contributed by atoms with Gasteiger partial charge in [0.15, 0.2) is 17.5 Å². The molecule has 166 valence electrons. The van der Waals surface area contributed by atoms with Gasteiger partial charge in [0.05, 0.1) is 12.1 Å². The van der Waals surface area contributed by atoms with Gasteiger partial charge in [0.25, 0.3) is 0 Å². The highest BCUT2D eigenvalue weighted by Crippen LogP contribution is 2.28. The van der Waals surface area contributed by atoms with E-state index < -0.39 is 0 Å². The lowest BCUT2D eigenvalue weighted by Crippen LogP contribution is -2.37. The van der Waals surface area contributed by atoms with E-state index in [1.165, 1.54) is 4.88 Å². The summed E-state index contributed by atoms with van der Waals surface area (Å²) < 4.78 is 11.5. The summed E-state index contributed by atoms with van der Waals surface area (Å²) >= 11 is 1.73. The minimum atomic E-state index is 0.644. The Hall–Kier alpha value is -2.32. The number of nitrogens with one attached hydrogen (secondary N) is 2. The lowest BCUT2D eigenvalue weighted by molar-refractivity contribution is 0.217. The van der Waals surface area contributed by atoms with Gasteiger partial charge in [-0.25, -0.2) is 4.98 Å². The van der Waals surface area contributed by atoms with Crippen molar-refractivity contribution < 1.29 is 9.47 Å². The van der Waals surface area contributed by atoms with Gasteiger partial charge in [-0.15, -0.1) is 11.3 Å². The molecule has 2 rings (SSSR count). The average molecular weight is 434 g/mol. The number of benzene rings is 1. The second-order valence-electron chi connectivity index (χ2n) is 6.83. The predicted octanol–water partition coefficient (Wildman–Crippen LogP) is 3.09. The van der Waals surface area contributed by atoms with Crippen LogP contribution in [0, 0.1) is 6.92 Å². The van der Waals surface area contributed by atoms with E-state index in [-0.39, 0.29) is 0 Å². The molecule has 7 nitrogen and oxygen atoms in total. The number of hydrogen-bond donors (Lipinski definition) is 2. The van der Waals surface area contributed by atoms with Crippen LogP contribution < -0.4 is 20.1 Å². The topological polar surface area (TPSA) is 71.0 Å². The minimum Gasteiger partial charge on any atom is -0.493 e. The molecule has 1 aromatic heterocycles. The van der Waals surface area contributed by atoms with Gasteiger partial charge in [-0.05, 0) is 37.7 Å². The Labute approximate surface area is 184 Å². The van der Waals surface area contributed by atoms with Crippen LogP contribution in [0.5, 0.6) is 11.5 Å². The number of nitrogens with zero attached hydrogens (tertiary/aromatic N) is 3. The van der Waals surface area contributed by atoms with Crippen LogP contribution in [-0.4, -0.2) is 62.8 Å². The van der Waals surface area contributed by atoms with Gasteiger partial charge in [-0.3, -0.25) is 4.99 Å².